The summed E-state index contributed by atoms with van der Waals surface area (Å²) in [5.74, 6) is 2.66. The molecule has 2 aliphatic heterocycles. The summed E-state index contributed by atoms with van der Waals surface area (Å²) in [4.78, 5) is 41.6. The van der Waals surface area contributed by atoms with E-state index in [-0.39, 0.29) is 18.0 Å². The van der Waals surface area contributed by atoms with E-state index >= 15 is 0 Å². The normalized spacial score (nSPS) is 18.1. The van der Waals surface area contributed by atoms with Crippen LogP contribution in [0.3, 0.4) is 0 Å². The van der Waals surface area contributed by atoms with Crippen LogP contribution in [0.5, 0.6) is 11.5 Å². The minimum atomic E-state index is -0.405. The molecule has 0 saturated carbocycles. The number of H-pyrrole nitrogens is 1. The third-order valence-corrected chi connectivity index (χ3v) is 9.15. The Kier molecular flexibility index (Phi) is 7.54. The topological polar surface area (TPSA) is 102 Å². The van der Waals surface area contributed by atoms with Gasteiger partial charge in [-0.2, -0.15) is 0 Å². The smallest absolute Gasteiger partial charge is 0.328 e. The number of unbranched alkanes of at least 4 members (excludes halogenated alkanes) is 1. The van der Waals surface area contributed by atoms with Crippen LogP contribution in [0, 0.1) is 5.92 Å². The van der Waals surface area contributed by atoms with Gasteiger partial charge in [0.15, 0.2) is 0 Å². The maximum absolute atomic E-state index is 13.3. The van der Waals surface area contributed by atoms with E-state index in [2.05, 4.69) is 14.9 Å². The average molecular weight is 592 g/mol. The molecule has 11 heteroatoms. The standard InChI is InChI=1S/C30H29N5O4S.ClH/c1-38-22-10-7-11-23-24(22)20-16-34(15-19(20)17-39-23)12-5-6-13-35-29(36)27-25(33-30(35)37)26-28(40-27)31-14-21(32-26)18-8-3-2-4-9-18;/h2-4,7-11,14,19-20H,5-6,12-13,15-17H2,1H3,(H,33,37);1H/t19-,20+;/m0./s1. The second-order valence-electron chi connectivity index (χ2n) is 10.5. The second kappa shape index (κ2) is 11.3. The van der Waals surface area contributed by atoms with Crippen LogP contribution in [0.2, 0.25) is 0 Å². The Morgan fingerprint density at radius 3 is 2.73 bits per heavy atom. The number of thiophene rings is 1. The number of halogens is 1. The molecule has 2 aliphatic rings. The van der Waals surface area contributed by atoms with Crippen molar-refractivity contribution < 1.29 is 9.47 Å². The first-order valence-corrected chi connectivity index (χ1v) is 14.4. The molecule has 3 aromatic heterocycles. The largest absolute Gasteiger partial charge is 0.496 e. The number of rotatable bonds is 7. The van der Waals surface area contributed by atoms with Crippen LogP contribution in [0.4, 0.5) is 0 Å². The monoisotopic (exact) mass is 591 g/mol. The number of aromatic amines is 1. The van der Waals surface area contributed by atoms with E-state index in [1.165, 1.54) is 21.5 Å². The molecule has 0 unspecified atom stereocenters. The fraction of sp³-hybridized carbons (Fsp3) is 0.333. The number of methoxy groups -OCH3 is 1. The van der Waals surface area contributed by atoms with Crippen molar-refractivity contribution in [1.29, 1.82) is 0 Å². The highest BCUT2D eigenvalue weighted by Gasteiger charge is 2.40. The molecule has 1 N–H and O–H groups in total. The van der Waals surface area contributed by atoms with Crippen molar-refractivity contribution in [2.75, 3.05) is 33.4 Å². The number of ether oxygens (including phenoxy) is 2. The van der Waals surface area contributed by atoms with Crippen molar-refractivity contribution >= 4 is 44.3 Å². The van der Waals surface area contributed by atoms with Gasteiger partial charge in [0, 0.05) is 42.6 Å². The van der Waals surface area contributed by atoms with Gasteiger partial charge in [-0.15, -0.1) is 23.7 Å². The Bertz CT molecular complexity index is 1820. The molecule has 0 aliphatic carbocycles. The predicted octanol–water partition coefficient (Wildman–Crippen LogP) is 4.68. The Morgan fingerprint density at radius 2 is 1.90 bits per heavy atom. The number of aromatic nitrogens is 4. The lowest BCUT2D eigenvalue weighted by Gasteiger charge is -2.29. The summed E-state index contributed by atoms with van der Waals surface area (Å²) < 4.78 is 13.5. The van der Waals surface area contributed by atoms with Crippen molar-refractivity contribution in [3.05, 3.63) is 81.1 Å². The molecule has 5 heterocycles. The van der Waals surface area contributed by atoms with Crippen molar-refractivity contribution in [1.82, 2.24) is 24.4 Å². The summed E-state index contributed by atoms with van der Waals surface area (Å²) >= 11 is 1.28. The first-order chi connectivity index (χ1) is 19.6. The molecule has 1 fully saturated rings. The minimum absolute atomic E-state index is 0. The lowest BCUT2D eigenvalue weighted by molar-refractivity contribution is 0.209. The van der Waals surface area contributed by atoms with Crippen LogP contribution < -0.4 is 20.7 Å². The van der Waals surface area contributed by atoms with Gasteiger partial charge in [-0.1, -0.05) is 36.4 Å². The average Bonchev–Trinajstić information content (AvgIpc) is 3.58. The number of likely N-dealkylation sites (tertiary alicyclic amines) is 1. The van der Waals surface area contributed by atoms with Crippen LogP contribution in [0.1, 0.15) is 24.3 Å². The molecular weight excluding hydrogens is 562 g/mol. The number of hydrogen-bond acceptors (Lipinski definition) is 8. The van der Waals surface area contributed by atoms with Gasteiger partial charge in [-0.25, -0.2) is 14.8 Å². The zero-order valence-corrected chi connectivity index (χ0v) is 24.2. The molecule has 2 aromatic carbocycles. The number of nitrogens with one attached hydrogen (secondary N) is 1. The lowest BCUT2D eigenvalue weighted by atomic mass is 9.86. The fourth-order valence-electron chi connectivity index (χ4n) is 6.11. The number of nitrogens with zero attached hydrogens (tertiary/aromatic N) is 4. The molecule has 0 bridgehead atoms. The van der Waals surface area contributed by atoms with Crippen molar-refractivity contribution in [3.8, 4) is 22.8 Å². The van der Waals surface area contributed by atoms with Crippen LogP contribution >= 0.6 is 23.7 Å². The molecule has 0 spiro atoms. The second-order valence-corrected chi connectivity index (χ2v) is 11.5. The molecule has 7 rings (SSSR count). The number of fused-ring (bicyclic) bond motifs is 6. The summed E-state index contributed by atoms with van der Waals surface area (Å²) in [5, 5.41) is 0. The highest BCUT2D eigenvalue weighted by atomic mass is 35.5. The van der Waals surface area contributed by atoms with E-state index in [1.807, 2.05) is 48.5 Å². The zero-order valence-electron chi connectivity index (χ0n) is 22.5. The highest BCUT2D eigenvalue weighted by Crippen LogP contribution is 2.46. The summed E-state index contributed by atoms with van der Waals surface area (Å²) in [6, 6.07) is 15.7. The third-order valence-electron chi connectivity index (χ3n) is 8.08. The molecule has 2 atom stereocenters. The lowest BCUT2D eigenvalue weighted by Crippen LogP contribution is -2.34. The fourth-order valence-corrected chi connectivity index (χ4v) is 7.10. The minimum Gasteiger partial charge on any atom is -0.496 e. The molecule has 5 aromatic rings. The van der Waals surface area contributed by atoms with Crippen LogP contribution in [-0.2, 0) is 6.54 Å². The van der Waals surface area contributed by atoms with Crippen LogP contribution in [-0.4, -0.2) is 57.8 Å². The third kappa shape index (κ3) is 4.90. The first-order valence-electron chi connectivity index (χ1n) is 13.6. The van der Waals surface area contributed by atoms with Gasteiger partial charge in [0.2, 0.25) is 0 Å². The molecule has 0 amide bonds. The summed E-state index contributed by atoms with van der Waals surface area (Å²) in [5.41, 5.74) is 3.15. The van der Waals surface area contributed by atoms with Crippen LogP contribution in [0.25, 0.3) is 31.8 Å². The van der Waals surface area contributed by atoms with Gasteiger partial charge >= 0.3 is 5.69 Å². The maximum atomic E-state index is 13.3. The van der Waals surface area contributed by atoms with Crippen molar-refractivity contribution in [3.63, 3.8) is 0 Å². The molecule has 9 nitrogen and oxygen atoms in total. The van der Waals surface area contributed by atoms with Gasteiger partial charge in [0.25, 0.3) is 5.56 Å². The van der Waals surface area contributed by atoms with Gasteiger partial charge in [0.05, 0.1) is 31.1 Å². The Hall–Kier alpha value is -3.73. The van der Waals surface area contributed by atoms with E-state index in [0.717, 1.165) is 56.1 Å². The highest BCUT2D eigenvalue weighted by molar-refractivity contribution is 7.25. The van der Waals surface area contributed by atoms with Crippen LogP contribution in [0.15, 0.2) is 64.3 Å². The van der Waals surface area contributed by atoms with Crippen molar-refractivity contribution in [2.45, 2.75) is 25.3 Å². The molecule has 0 radical (unpaired) electrons. The Morgan fingerprint density at radius 1 is 1.07 bits per heavy atom. The summed E-state index contributed by atoms with van der Waals surface area (Å²) in [6.07, 6.45) is 3.33. The molecule has 1 saturated heterocycles. The zero-order chi connectivity index (χ0) is 27.2. The Balaban J connectivity index is 0.00000302. The van der Waals surface area contributed by atoms with Gasteiger partial charge in [-0.3, -0.25) is 9.36 Å². The summed E-state index contributed by atoms with van der Waals surface area (Å²) in [6.45, 7) is 3.93. The van der Waals surface area contributed by atoms with E-state index in [0.29, 0.717) is 44.6 Å². The molecular formula is C30H30ClN5O4S. The van der Waals surface area contributed by atoms with E-state index in [9.17, 15) is 9.59 Å². The quantitative estimate of drug-likeness (QED) is 0.274. The van der Waals surface area contributed by atoms with Gasteiger partial charge in [-0.05, 0) is 31.5 Å². The molecule has 212 valence electrons. The molecule has 41 heavy (non-hydrogen) atoms. The summed E-state index contributed by atoms with van der Waals surface area (Å²) in [7, 11) is 1.71. The number of benzene rings is 2. The van der Waals surface area contributed by atoms with Crippen molar-refractivity contribution in [2.24, 2.45) is 5.92 Å². The first kappa shape index (κ1) is 27.4. The Labute approximate surface area is 246 Å². The van der Waals surface area contributed by atoms with Gasteiger partial charge < -0.3 is 19.4 Å². The van der Waals surface area contributed by atoms with Gasteiger partial charge in [0.1, 0.15) is 26.5 Å². The van der Waals surface area contributed by atoms with E-state index < -0.39 is 5.69 Å². The van der Waals surface area contributed by atoms with E-state index in [4.69, 9.17) is 14.5 Å². The SMILES string of the molecule is COc1cccc2c1[C@@H]1CN(CCCCn3c(=O)[nH]c4c(sc5ncc(-c6ccccc6)nc54)c3=O)C[C@H]1CO2.Cl. The number of hydrogen-bond donors (Lipinski definition) is 1. The van der Waals surface area contributed by atoms with E-state index in [1.54, 1.807) is 13.3 Å². The maximum Gasteiger partial charge on any atom is 0.328 e. The predicted molar refractivity (Wildman–Crippen MR) is 163 cm³/mol.